The first-order valence-corrected chi connectivity index (χ1v) is 11.4. The minimum atomic E-state index is -3.59. The summed E-state index contributed by atoms with van der Waals surface area (Å²) in [6.45, 7) is 5.59. The molecule has 1 aromatic carbocycles. The Balaban J connectivity index is 1.59. The number of likely N-dealkylation sites (tertiary alicyclic amines) is 1. The van der Waals surface area contributed by atoms with E-state index in [1.807, 2.05) is 13.8 Å². The molecule has 28 heavy (non-hydrogen) atoms. The van der Waals surface area contributed by atoms with Crippen molar-refractivity contribution in [2.45, 2.75) is 50.1 Å². The van der Waals surface area contributed by atoms with Gasteiger partial charge in [-0.3, -0.25) is 4.79 Å². The second-order valence-electron chi connectivity index (χ2n) is 8.30. The van der Waals surface area contributed by atoms with Gasteiger partial charge in [-0.05, 0) is 70.3 Å². The highest BCUT2D eigenvalue weighted by atomic mass is 32.2. The first-order chi connectivity index (χ1) is 13.2. The van der Waals surface area contributed by atoms with Crippen molar-refractivity contribution in [1.29, 1.82) is 0 Å². The second kappa shape index (κ2) is 8.47. The molecule has 0 aliphatic carbocycles. The van der Waals surface area contributed by atoms with Crippen molar-refractivity contribution in [3.63, 3.8) is 0 Å². The highest BCUT2D eigenvalue weighted by Gasteiger charge is 2.40. The van der Waals surface area contributed by atoms with Crippen LogP contribution in [0.25, 0.3) is 0 Å². The average Bonchev–Trinajstić information content (AvgIpc) is 3.03. The predicted molar refractivity (Wildman–Crippen MR) is 106 cm³/mol. The van der Waals surface area contributed by atoms with Gasteiger partial charge in [0.1, 0.15) is 5.82 Å². The molecule has 0 saturated carbocycles. The highest BCUT2D eigenvalue weighted by Crippen LogP contribution is 2.34. The highest BCUT2D eigenvalue weighted by molar-refractivity contribution is 7.89. The quantitative estimate of drug-likeness (QED) is 0.805. The average molecular weight is 412 g/mol. The van der Waals surface area contributed by atoms with Crippen molar-refractivity contribution in [3.05, 3.63) is 30.1 Å². The van der Waals surface area contributed by atoms with E-state index in [0.29, 0.717) is 25.0 Å². The molecule has 8 heteroatoms. The summed E-state index contributed by atoms with van der Waals surface area (Å²) in [4.78, 5) is 14.7. The topological polar surface area (TPSA) is 69.7 Å². The van der Waals surface area contributed by atoms with Crippen molar-refractivity contribution < 1.29 is 17.6 Å². The molecule has 0 radical (unpaired) electrons. The first-order valence-electron chi connectivity index (χ1n) is 9.95. The van der Waals surface area contributed by atoms with E-state index in [2.05, 4.69) is 17.3 Å². The Kier molecular flexibility index (Phi) is 6.41. The molecule has 0 spiro atoms. The van der Waals surface area contributed by atoms with E-state index in [-0.39, 0.29) is 22.8 Å². The standard InChI is InChI=1S/C20H30FN3O3S/c1-14(2)22-20(25)16-12-19(23(3)13-16)15-8-10-24(11-9-15)28(26,27)18-6-4-17(21)5-7-18/h4-7,14-16,19H,8-13H2,1-3H3,(H,22,25). The number of halogens is 1. The summed E-state index contributed by atoms with van der Waals surface area (Å²) in [5.74, 6) is 0.0403. The Bertz CT molecular complexity index is 789. The zero-order valence-corrected chi connectivity index (χ0v) is 17.6. The molecule has 2 aliphatic rings. The van der Waals surface area contributed by atoms with Gasteiger partial charge < -0.3 is 10.2 Å². The maximum atomic E-state index is 13.1. The SMILES string of the molecule is CC(C)NC(=O)C1CC(C2CCN(S(=O)(=O)c3ccc(F)cc3)CC2)N(C)C1. The number of nitrogens with zero attached hydrogens (tertiary/aromatic N) is 2. The number of sulfonamides is 1. The summed E-state index contributed by atoms with van der Waals surface area (Å²) in [6.07, 6.45) is 2.37. The monoisotopic (exact) mass is 411 g/mol. The van der Waals surface area contributed by atoms with Gasteiger partial charge in [0, 0.05) is 31.7 Å². The molecule has 2 saturated heterocycles. The molecule has 2 heterocycles. The van der Waals surface area contributed by atoms with E-state index in [1.165, 1.54) is 28.6 Å². The van der Waals surface area contributed by atoms with E-state index in [1.54, 1.807) is 0 Å². The van der Waals surface area contributed by atoms with E-state index in [0.717, 1.165) is 25.8 Å². The fraction of sp³-hybridized carbons (Fsp3) is 0.650. The van der Waals surface area contributed by atoms with Gasteiger partial charge in [-0.2, -0.15) is 4.31 Å². The summed E-state index contributed by atoms with van der Waals surface area (Å²) in [6, 6.07) is 5.43. The van der Waals surface area contributed by atoms with Gasteiger partial charge in [0.05, 0.1) is 10.8 Å². The summed E-state index contributed by atoms with van der Waals surface area (Å²) in [7, 11) is -1.54. The van der Waals surface area contributed by atoms with Gasteiger partial charge in [-0.15, -0.1) is 0 Å². The number of amides is 1. The van der Waals surface area contributed by atoms with Crippen LogP contribution in [0.5, 0.6) is 0 Å². The van der Waals surface area contributed by atoms with Crippen LogP contribution in [0.4, 0.5) is 4.39 Å². The summed E-state index contributed by atoms with van der Waals surface area (Å²) in [5.41, 5.74) is 0. The molecule has 3 rings (SSSR count). The third kappa shape index (κ3) is 4.55. The number of rotatable bonds is 5. The van der Waals surface area contributed by atoms with E-state index < -0.39 is 15.8 Å². The molecule has 1 amide bonds. The van der Waals surface area contributed by atoms with Crippen LogP contribution in [-0.4, -0.2) is 62.3 Å². The smallest absolute Gasteiger partial charge is 0.243 e. The molecule has 0 bridgehead atoms. The lowest BCUT2D eigenvalue weighted by Crippen LogP contribution is -2.43. The maximum Gasteiger partial charge on any atom is 0.243 e. The maximum absolute atomic E-state index is 13.1. The Labute approximate surface area is 167 Å². The largest absolute Gasteiger partial charge is 0.354 e. The predicted octanol–water partition coefficient (Wildman–Crippen LogP) is 2.07. The van der Waals surface area contributed by atoms with Crippen molar-refractivity contribution >= 4 is 15.9 Å². The van der Waals surface area contributed by atoms with Crippen LogP contribution in [0, 0.1) is 17.7 Å². The van der Waals surface area contributed by atoms with Crippen molar-refractivity contribution in [3.8, 4) is 0 Å². The molecule has 2 unspecified atom stereocenters. The fourth-order valence-corrected chi connectivity index (χ4v) is 5.90. The molecule has 1 N–H and O–H groups in total. The molecule has 6 nitrogen and oxygen atoms in total. The number of carbonyl (C=O) groups excluding carboxylic acids is 1. The molecular weight excluding hydrogens is 381 g/mol. The van der Waals surface area contributed by atoms with Gasteiger partial charge >= 0.3 is 0 Å². The summed E-state index contributed by atoms with van der Waals surface area (Å²) >= 11 is 0. The third-order valence-electron chi connectivity index (χ3n) is 5.90. The van der Waals surface area contributed by atoms with E-state index >= 15 is 0 Å². The van der Waals surface area contributed by atoms with Crippen LogP contribution in [0.1, 0.15) is 33.1 Å². The van der Waals surface area contributed by atoms with E-state index in [9.17, 15) is 17.6 Å². The normalized spacial score (nSPS) is 25.3. The number of hydrogen-bond acceptors (Lipinski definition) is 4. The summed E-state index contributed by atoms with van der Waals surface area (Å²) < 4.78 is 40.1. The van der Waals surface area contributed by atoms with Crippen LogP contribution in [0.15, 0.2) is 29.2 Å². The van der Waals surface area contributed by atoms with Gasteiger partial charge in [0.15, 0.2) is 0 Å². The molecule has 2 atom stereocenters. The van der Waals surface area contributed by atoms with Crippen LogP contribution in [0.3, 0.4) is 0 Å². The number of piperidine rings is 1. The van der Waals surface area contributed by atoms with Crippen LogP contribution in [0.2, 0.25) is 0 Å². The van der Waals surface area contributed by atoms with Gasteiger partial charge in [-0.25, -0.2) is 12.8 Å². The number of benzene rings is 1. The van der Waals surface area contributed by atoms with Crippen molar-refractivity contribution in [2.24, 2.45) is 11.8 Å². The lowest BCUT2D eigenvalue weighted by Gasteiger charge is -2.36. The minimum absolute atomic E-state index is 0.00150. The zero-order valence-electron chi connectivity index (χ0n) is 16.8. The Morgan fingerprint density at radius 1 is 1.18 bits per heavy atom. The van der Waals surface area contributed by atoms with Gasteiger partial charge in [0.25, 0.3) is 0 Å². The van der Waals surface area contributed by atoms with Crippen LogP contribution < -0.4 is 5.32 Å². The Morgan fingerprint density at radius 2 is 1.79 bits per heavy atom. The lowest BCUT2D eigenvalue weighted by molar-refractivity contribution is -0.125. The zero-order chi connectivity index (χ0) is 20.5. The molecular formula is C20H30FN3O3S. The van der Waals surface area contributed by atoms with Crippen molar-refractivity contribution in [2.75, 3.05) is 26.7 Å². The van der Waals surface area contributed by atoms with Gasteiger partial charge in [-0.1, -0.05) is 0 Å². The fourth-order valence-electron chi connectivity index (χ4n) is 4.43. The number of carbonyl (C=O) groups is 1. The summed E-state index contributed by atoms with van der Waals surface area (Å²) in [5, 5.41) is 3.00. The second-order valence-corrected chi connectivity index (χ2v) is 10.2. The molecule has 1 aromatic rings. The van der Waals surface area contributed by atoms with Crippen LogP contribution >= 0.6 is 0 Å². The van der Waals surface area contributed by atoms with E-state index in [4.69, 9.17) is 0 Å². The Morgan fingerprint density at radius 3 is 2.36 bits per heavy atom. The van der Waals surface area contributed by atoms with Gasteiger partial charge in [0.2, 0.25) is 15.9 Å². The third-order valence-corrected chi connectivity index (χ3v) is 7.81. The molecule has 2 aliphatic heterocycles. The number of nitrogens with one attached hydrogen (secondary N) is 1. The molecule has 156 valence electrons. The Hall–Kier alpha value is -1.51. The van der Waals surface area contributed by atoms with Crippen LogP contribution in [-0.2, 0) is 14.8 Å². The number of hydrogen-bond donors (Lipinski definition) is 1. The molecule has 0 aromatic heterocycles. The minimum Gasteiger partial charge on any atom is -0.354 e. The van der Waals surface area contributed by atoms with Crippen molar-refractivity contribution in [1.82, 2.24) is 14.5 Å². The molecule has 2 fully saturated rings. The first kappa shape index (κ1) is 21.2. The lowest BCUT2D eigenvalue weighted by atomic mass is 9.87.